The Hall–Kier alpha value is -2.63. The van der Waals surface area contributed by atoms with Crippen molar-refractivity contribution in [3.63, 3.8) is 0 Å². The van der Waals surface area contributed by atoms with E-state index >= 15 is 0 Å². The number of nitrogens with zero attached hydrogens (tertiary/aromatic N) is 3. The lowest BCUT2D eigenvalue weighted by atomic mass is 10.0. The standard InChI is InChI=1S/C17H19N5O/c1-10-8-18-17(21-16(10)22-9-11(22)2)19-13-4-5-14-12(7-13)3-6-15(23)20-14/h4-5,7-8,11H,3,6,9H2,1-2H3,(H,20,23)(H,18,19,21). The molecule has 1 saturated heterocycles. The SMILES string of the molecule is Cc1cnc(Nc2ccc3c(c2)CCC(=O)N3)nc1N1CC1C. The van der Waals surface area contributed by atoms with Gasteiger partial charge in [0.25, 0.3) is 0 Å². The summed E-state index contributed by atoms with van der Waals surface area (Å²) in [6.45, 7) is 5.27. The minimum atomic E-state index is 0.0809. The molecule has 0 aliphatic carbocycles. The van der Waals surface area contributed by atoms with Crippen molar-refractivity contribution in [1.29, 1.82) is 0 Å². The van der Waals surface area contributed by atoms with Gasteiger partial charge in [-0.25, -0.2) is 4.98 Å². The molecular weight excluding hydrogens is 290 g/mol. The van der Waals surface area contributed by atoms with E-state index in [1.807, 2.05) is 25.3 Å². The Bertz CT molecular complexity index is 789. The average molecular weight is 309 g/mol. The van der Waals surface area contributed by atoms with Crippen LogP contribution in [0, 0.1) is 6.92 Å². The van der Waals surface area contributed by atoms with Crippen LogP contribution in [0.5, 0.6) is 0 Å². The first-order valence-electron chi connectivity index (χ1n) is 7.90. The number of nitrogens with one attached hydrogen (secondary N) is 2. The average Bonchev–Trinajstić information content (AvgIpc) is 3.26. The Labute approximate surface area is 134 Å². The second-order valence-electron chi connectivity index (χ2n) is 6.25. The fourth-order valence-electron chi connectivity index (χ4n) is 2.91. The molecule has 0 saturated carbocycles. The summed E-state index contributed by atoms with van der Waals surface area (Å²) >= 11 is 0. The maximum absolute atomic E-state index is 11.4. The predicted molar refractivity (Wildman–Crippen MR) is 90.3 cm³/mol. The number of carbonyl (C=O) groups is 1. The van der Waals surface area contributed by atoms with Crippen molar-refractivity contribution in [2.45, 2.75) is 32.7 Å². The van der Waals surface area contributed by atoms with Crippen LogP contribution in [0.25, 0.3) is 0 Å². The summed E-state index contributed by atoms with van der Waals surface area (Å²) in [7, 11) is 0. The third-order valence-corrected chi connectivity index (χ3v) is 4.33. The van der Waals surface area contributed by atoms with Crippen molar-refractivity contribution in [3.8, 4) is 0 Å². The van der Waals surface area contributed by atoms with Crippen LogP contribution in [0.4, 0.5) is 23.1 Å². The second-order valence-corrected chi connectivity index (χ2v) is 6.25. The highest BCUT2D eigenvalue weighted by Gasteiger charge is 2.31. The molecule has 1 fully saturated rings. The number of anilines is 4. The van der Waals surface area contributed by atoms with E-state index in [1.165, 1.54) is 0 Å². The first-order chi connectivity index (χ1) is 11.1. The van der Waals surface area contributed by atoms with Crippen molar-refractivity contribution in [2.75, 3.05) is 22.1 Å². The van der Waals surface area contributed by atoms with Gasteiger partial charge in [0, 0.05) is 42.1 Å². The number of hydrogen-bond donors (Lipinski definition) is 2. The van der Waals surface area contributed by atoms with Crippen LogP contribution in [-0.4, -0.2) is 28.5 Å². The maximum Gasteiger partial charge on any atom is 0.229 e. The highest BCUT2D eigenvalue weighted by Crippen LogP contribution is 2.30. The number of fused-ring (bicyclic) bond motifs is 1. The first kappa shape index (κ1) is 14.0. The highest BCUT2D eigenvalue weighted by atomic mass is 16.1. The van der Waals surface area contributed by atoms with Crippen LogP contribution in [0.2, 0.25) is 0 Å². The van der Waals surface area contributed by atoms with Gasteiger partial charge in [-0.2, -0.15) is 4.98 Å². The third-order valence-electron chi connectivity index (χ3n) is 4.33. The molecule has 1 aromatic carbocycles. The topological polar surface area (TPSA) is 69.9 Å². The smallest absolute Gasteiger partial charge is 0.229 e. The van der Waals surface area contributed by atoms with Gasteiger partial charge in [0.2, 0.25) is 11.9 Å². The molecule has 1 amide bonds. The molecule has 0 spiro atoms. The monoisotopic (exact) mass is 309 g/mol. The van der Waals surface area contributed by atoms with Gasteiger partial charge < -0.3 is 15.5 Å². The highest BCUT2D eigenvalue weighted by molar-refractivity contribution is 5.94. The molecule has 6 heteroatoms. The van der Waals surface area contributed by atoms with Crippen molar-refractivity contribution in [3.05, 3.63) is 35.5 Å². The quantitative estimate of drug-likeness (QED) is 0.853. The Morgan fingerprint density at radius 2 is 2.17 bits per heavy atom. The Balaban J connectivity index is 1.57. The van der Waals surface area contributed by atoms with Crippen LogP contribution in [0.15, 0.2) is 24.4 Å². The molecule has 0 bridgehead atoms. The zero-order valence-electron chi connectivity index (χ0n) is 13.3. The molecule has 2 N–H and O–H groups in total. The molecular formula is C17H19N5O. The molecule has 0 radical (unpaired) electrons. The van der Waals surface area contributed by atoms with Crippen molar-refractivity contribution in [1.82, 2.24) is 9.97 Å². The molecule has 118 valence electrons. The molecule has 23 heavy (non-hydrogen) atoms. The van der Waals surface area contributed by atoms with E-state index in [0.29, 0.717) is 18.4 Å². The lowest BCUT2D eigenvalue weighted by Gasteiger charge is -2.18. The van der Waals surface area contributed by atoms with Gasteiger partial charge in [-0.1, -0.05) is 0 Å². The summed E-state index contributed by atoms with van der Waals surface area (Å²) in [6.07, 6.45) is 3.16. The van der Waals surface area contributed by atoms with E-state index in [9.17, 15) is 4.79 Å². The fraction of sp³-hybridized carbons (Fsp3) is 0.353. The summed E-state index contributed by atoms with van der Waals surface area (Å²) in [5, 5.41) is 6.16. The summed E-state index contributed by atoms with van der Waals surface area (Å²) in [6, 6.07) is 6.48. The Morgan fingerprint density at radius 1 is 1.35 bits per heavy atom. The van der Waals surface area contributed by atoms with Crippen LogP contribution in [-0.2, 0) is 11.2 Å². The zero-order valence-corrected chi connectivity index (χ0v) is 13.3. The number of hydrogen-bond acceptors (Lipinski definition) is 5. The van der Waals surface area contributed by atoms with Gasteiger partial charge in [0.15, 0.2) is 0 Å². The normalized spacial score (nSPS) is 19.1. The summed E-state index contributed by atoms with van der Waals surface area (Å²) < 4.78 is 0. The third kappa shape index (κ3) is 2.72. The predicted octanol–water partition coefficient (Wildman–Crippen LogP) is 2.62. The van der Waals surface area contributed by atoms with Gasteiger partial charge in [-0.05, 0) is 44.0 Å². The fourth-order valence-corrected chi connectivity index (χ4v) is 2.91. The number of carbonyl (C=O) groups excluding carboxylic acids is 1. The second kappa shape index (κ2) is 5.22. The van der Waals surface area contributed by atoms with E-state index in [2.05, 4.69) is 38.5 Å². The van der Waals surface area contributed by atoms with Crippen molar-refractivity contribution >= 4 is 29.0 Å². The van der Waals surface area contributed by atoms with Gasteiger partial charge >= 0.3 is 0 Å². The summed E-state index contributed by atoms with van der Waals surface area (Å²) in [5.74, 6) is 1.68. The molecule has 4 rings (SSSR count). The van der Waals surface area contributed by atoms with E-state index in [1.54, 1.807) is 0 Å². The summed E-state index contributed by atoms with van der Waals surface area (Å²) in [4.78, 5) is 22.7. The van der Waals surface area contributed by atoms with Crippen LogP contribution < -0.4 is 15.5 Å². The molecule has 2 aliphatic rings. The lowest BCUT2D eigenvalue weighted by Crippen LogP contribution is -2.18. The Kier molecular flexibility index (Phi) is 3.18. The number of aromatic nitrogens is 2. The van der Waals surface area contributed by atoms with Crippen LogP contribution in [0.3, 0.4) is 0 Å². The molecule has 2 aliphatic heterocycles. The molecule has 1 atom stereocenters. The van der Waals surface area contributed by atoms with E-state index in [0.717, 1.165) is 41.3 Å². The van der Waals surface area contributed by atoms with Gasteiger partial charge in [-0.15, -0.1) is 0 Å². The first-order valence-corrected chi connectivity index (χ1v) is 7.90. The molecule has 2 aromatic rings. The van der Waals surface area contributed by atoms with Crippen molar-refractivity contribution < 1.29 is 4.79 Å². The minimum absolute atomic E-state index is 0.0809. The lowest BCUT2D eigenvalue weighted by molar-refractivity contribution is -0.116. The zero-order chi connectivity index (χ0) is 16.0. The van der Waals surface area contributed by atoms with Crippen LogP contribution in [0.1, 0.15) is 24.5 Å². The molecule has 3 heterocycles. The number of benzene rings is 1. The largest absolute Gasteiger partial charge is 0.350 e. The van der Waals surface area contributed by atoms with E-state index in [4.69, 9.17) is 0 Å². The van der Waals surface area contributed by atoms with E-state index in [-0.39, 0.29) is 5.91 Å². The maximum atomic E-state index is 11.4. The molecule has 6 nitrogen and oxygen atoms in total. The van der Waals surface area contributed by atoms with Crippen LogP contribution >= 0.6 is 0 Å². The van der Waals surface area contributed by atoms with E-state index < -0.39 is 0 Å². The molecule has 1 unspecified atom stereocenters. The molecule has 1 aromatic heterocycles. The Morgan fingerprint density at radius 3 is 2.96 bits per heavy atom. The van der Waals surface area contributed by atoms with Gasteiger partial charge in [-0.3, -0.25) is 4.79 Å². The number of amides is 1. The number of rotatable bonds is 3. The van der Waals surface area contributed by atoms with Crippen molar-refractivity contribution in [2.24, 2.45) is 0 Å². The van der Waals surface area contributed by atoms with Gasteiger partial charge in [0.05, 0.1) is 0 Å². The van der Waals surface area contributed by atoms with Gasteiger partial charge in [0.1, 0.15) is 5.82 Å². The summed E-state index contributed by atoms with van der Waals surface area (Å²) in [5.41, 5.74) is 4.07. The minimum Gasteiger partial charge on any atom is -0.350 e. The number of aryl methyl sites for hydroxylation is 2.